The van der Waals surface area contributed by atoms with Gasteiger partial charge in [-0.15, -0.1) is 0 Å². The average Bonchev–Trinajstić information content (AvgIpc) is 2.89. The van der Waals surface area contributed by atoms with Gasteiger partial charge in [0.1, 0.15) is 5.75 Å². The Bertz CT molecular complexity index is 812. The van der Waals surface area contributed by atoms with Crippen LogP contribution >= 0.6 is 11.8 Å². The van der Waals surface area contributed by atoms with Crippen molar-refractivity contribution in [2.45, 2.75) is 12.1 Å². The summed E-state index contributed by atoms with van der Waals surface area (Å²) in [4.78, 5) is 19.5. The van der Waals surface area contributed by atoms with Crippen LogP contribution in [-0.2, 0) is 4.79 Å². The van der Waals surface area contributed by atoms with E-state index in [9.17, 15) is 9.90 Å². The molecule has 1 amide bonds. The smallest absolute Gasteiger partial charge is 0.234 e. The minimum absolute atomic E-state index is 0.118. The van der Waals surface area contributed by atoms with Crippen LogP contribution in [0.2, 0.25) is 0 Å². The molecule has 0 unspecified atom stereocenters. The maximum atomic E-state index is 11.9. The summed E-state index contributed by atoms with van der Waals surface area (Å²) in [5, 5.41) is 12.7. The van der Waals surface area contributed by atoms with E-state index in [0.717, 1.165) is 21.8 Å². The van der Waals surface area contributed by atoms with E-state index in [2.05, 4.69) is 15.3 Å². The summed E-state index contributed by atoms with van der Waals surface area (Å²) in [7, 11) is 0. The molecule has 3 N–H and O–H groups in total. The number of aromatic amines is 1. The number of aromatic nitrogens is 2. The number of rotatable bonds is 4. The molecule has 0 saturated carbocycles. The zero-order valence-electron chi connectivity index (χ0n) is 12.0. The number of imidazole rings is 1. The Kier molecular flexibility index (Phi) is 4.02. The summed E-state index contributed by atoms with van der Waals surface area (Å²) in [6.45, 7) is 2.03. The maximum absolute atomic E-state index is 11.9. The van der Waals surface area contributed by atoms with E-state index in [0.29, 0.717) is 5.69 Å². The number of thioether (sulfide) groups is 1. The van der Waals surface area contributed by atoms with Gasteiger partial charge in [0.25, 0.3) is 0 Å². The van der Waals surface area contributed by atoms with Gasteiger partial charge in [-0.3, -0.25) is 4.79 Å². The fourth-order valence-corrected chi connectivity index (χ4v) is 2.73. The lowest BCUT2D eigenvalue weighted by Crippen LogP contribution is -2.13. The predicted molar refractivity (Wildman–Crippen MR) is 88.3 cm³/mol. The van der Waals surface area contributed by atoms with Gasteiger partial charge in [-0.2, -0.15) is 0 Å². The maximum Gasteiger partial charge on any atom is 0.234 e. The molecule has 0 fully saturated rings. The highest BCUT2D eigenvalue weighted by atomic mass is 32.2. The van der Waals surface area contributed by atoms with Gasteiger partial charge in [0, 0.05) is 5.69 Å². The van der Waals surface area contributed by atoms with Gasteiger partial charge in [-0.05, 0) is 48.9 Å². The van der Waals surface area contributed by atoms with Gasteiger partial charge in [-0.1, -0.05) is 17.8 Å². The van der Waals surface area contributed by atoms with E-state index in [4.69, 9.17) is 0 Å². The van der Waals surface area contributed by atoms with Crippen molar-refractivity contribution >= 4 is 34.4 Å². The Morgan fingerprint density at radius 3 is 2.82 bits per heavy atom. The van der Waals surface area contributed by atoms with Crippen molar-refractivity contribution in [3.8, 4) is 5.75 Å². The van der Waals surface area contributed by atoms with Crippen molar-refractivity contribution in [3.05, 3.63) is 48.0 Å². The second-order valence-corrected chi connectivity index (χ2v) is 5.91. The molecule has 3 rings (SSSR count). The molecule has 22 heavy (non-hydrogen) atoms. The van der Waals surface area contributed by atoms with E-state index in [1.165, 1.54) is 23.9 Å². The van der Waals surface area contributed by atoms with Gasteiger partial charge >= 0.3 is 0 Å². The van der Waals surface area contributed by atoms with Crippen LogP contribution in [0.25, 0.3) is 11.0 Å². The van der Waals surface area contributed by atoms with Crippen LogP contribution in [0.15, 0.2) is 47.6 Å². The molecule has 0 aliphatic rings. The summed E-state index contributed by atoms with van der Waals surface area (Å²) in [5.74, 6) is 0.317. The first-order chi connectivity index (χ1) is 10.6. The molecule has 112 valence electrons. The molecule has 6 heteroatoms. The summed E-state index contributed by atoms with van der Waals surface area (Å²) in [5.41, 5.74) is 3.69. The molecule has 5 nitrogen and oxygen atoms in total. The number of phenols is 1. The molecule has 2 aromatic carbocycles. The van der Waals surface area contributed by atoms with Gasteiger partial charge in [0.2, 0.25) is 5.91 Å². The van der Waals surface area contributed by atoms with Crippen LogP contribution in [0.4, 0.5) is 5.69 Å². The van der Waals surface area contributed by atoms with E-state index >= 15 is 0 Å². The van der Waals surface area contributed by atoms with Crippen LogP contribution in [0, 0.1) is 6.92 Å². The van der Waals surface area contributed by atoms with Crippen molar-refractivity contribution in [2.24, 2.45) is 0 Å². The van der Waals surface area contributed by atoms with Gasteiger partial charge in [-0.25, -0.2) is 4.98 Å². The Labute approximate surface area is 131 Å². The Morgan fingerprint density at radius 1 is 1.27 bits per heavy atom. The third-order valence-corrected chi connectivity index (χ3v) is 3.98. The molecular formula is C16H15N3O2S. The van der Waals surface area contributed by atoms with Crippen LogP contribution in [0.1, 0.15) is 5.56 Å². The second kappa shape index (κ2) is 6.11. The number of hydrogen-bond acceptors (Lipinski definition) is 4. The zero-order chi connectivity index (χ0) is 15.5. The first-order valence-corrected chi connectivity index (χ1v) is 7.77. The summed E-state index contributed by atoms with van der Waals surface area (Å²) in [6, 6.07) is 12.4. The number of fused-ring (bicyclic) bond motifs is 1. The predicted octanol–water partition coefficient (Wildman–Crippen LogP) is 3.31. The zero-order valence-corrected chi connectivity index (χ0v) is 12.8. The fraction of sp³-hybridized carbons (Fsp3) is 0.125. The van der Waals surface area contributed by atoms with Crippen molar-refractivity contribution < 1.29 is 9.90 Å². The summed E-state index contributed by atoms with van der Waals surface area (Å²) in [6.07, 6.45) is 0. The van der Waals surface area contributed by atoms with Gasteiger partial charge < -0.3 is 15.4 Å². The Morgan fingerprint density at radius 2 is 2.05 bits per heavy atom. The number of aryl methyl sites for hydroxylation is 1. The number of phenolic OH excluding ortho intramolecular Hbond substituents is 1. The number of anilines is 1. The van der Waals surface area contributed by atoms with Crippen molar-refractivity contribution in [1.82, 2.24) is 9.97 Å². The quantitative estimate of drug-likeness (QED) is 0.510. The van der Waals surface area contributed by atoms with Crippen molar-refractivity contribution in [2.75, 3.05) is 11.1 Å². The molecule has 0 radical (unpaired) electrons. The first kappa shape index (κ1) is 14.5. The number of H-pyrrole nitrogens is 1. The lowest BCUT2D eigenvalue weighted by molar-refractivity contribution is -0.113. The summed E-state index contributed by atoms with van der Waals surface area (Å²) < 4.78 is 0. The van der Waals surface area contributed by atoms with E-state index < -0.39 is 0 Å². The van der Waals surface area contributed by atoms with Crippen LogP contribution in [0.3, 0.4) is 0 Å². The third-order valence-electron chi connectivity index (χ3n) is 3.11. The van der Waals surface area contributed by atoms with E-state index in [-0.39, 0.29) is 17.4 Å². The molecule has 0 saturated heterocycles. The van der Waals surface area contributed by atoms with Crippen molar-refractivity contribution in [3.63, 3.8) is 0 Å². The molecule has 3 aromatic rings. The average molecular weight is 313 g/mol. The topological polar surface area (TPSA) is 78.0 Å². The van der Waals surface area contributed by atoms with Gasteiger partial charge in [0.05, 0.1) is 16.8 Å². The molecule has 0 aliphatic carbocycles. The SMILES string of the molecule is Cc1ccc2nc(SCC(=O)Nc3ccc(O)cc3)[nH]c2c1. The van der Waals surface area contributed by atoms with Crippen LogP contribution < -0.4 is 5.32 Å². The lowest BCUT2D eigenvalue weighted by Gasteiger charge is -2.04. The Hall–Kier alpha value is -2.47. The molecule has 1 aromatic heterocycles. The number of nitrogens with zero attached hydrogens (tertiary/aromatic N) is 1. The largest absolute Gasteiger partial charge is 0.508 e. The Balaban J connectivity index is 1.61. The number of nitrogens with one attached hydrogen (secondary N) is 2. The first-order valence-electron chi connectivity index (χ1n) is 6.78. The normalized spacial score (nSPS) is 10.8. The fourth-order valence-electron chi connectivity index (χ4n) is 2.04. The summed E-state index contributed by atoms with van der Waals surface area (Å²) >= 11 is 1.35. The highest BCUT2D eigenvalue weighted by Gasteiger charge is 2.07. The molecule has 1 heterocycles. The second-order valence-electron chi connectivity index (χ2n) is 4.95. The van der Waals surface area contributed by atoms with Crippen molar-refractivity contribution in [1.29, 1.82) is 0 Å². The minimum atomic E-state index is -0.118. The lowest BCUT2D eigenvalue weighted by atomic mass is 10.2. The monoisotopic (exact) mass is 313 g/mol. The highest BCUT2D eigenvalue weighted by molar-refractivity contribution is 7.99. The van der Waals surface area contributed by atoms with Crippen LogP contribution in [0.5, 0.6) is 5.75 Å². The van der Waals surface area contributed by atoms with Crippen LogP contribution in [-0.4, -0.2) is 26.7 Å². The number of carbonyl (C=O) groups excluding carboxylic acids is 1. The molecular weight excluding hydrogens is 298 g/mol. The van der Waals surface area contributed by atoms with E-state index in [1.54, 1.807) is 12.1 Å². The standard InChI is InChI=1S/C16H15N3O2S/c1-10-2-7-13-14(8-10)19-16(18-13)22-9-15(21)17-11-3-5-12(20)6-4-11/h2-8,20H,9H2,1H3,(H,17,21)(H,18,19). The highest BCUT2D eigenvalue weighted by Crippen LogP contribution is 2.21. The number of amides is 1. The molecule has 0 aliphatic heterocycles. The molecule has 0 spiro atoms. The van der Waals surface area contributed by atoms with E-state index in [1.807, 2.05) is 25.1 Å². The molecule has 0 bridgehead atoms. The number of aromatic hydroxyl groups is 1. The third kappa shape index (κ3) is 3.40. The minimum Gasteiger partial charge on any atom is -0.508 e. The van der Waals surface area contributed by atoms with Gasteiger partial charge in [0.15, 0.2) is 5.16 Å². The number of carbonyl (C=O) groups is 1. The number of hydrogen-bond donors (Lipinski definition) is 3. The molecule has 0 atom stereocenters. The number of benzene rings is 2.